The molecule has 0 bridgehead atoms. The lowest BCUT2D eigenvalue weighted by molar-refractivity contribution is -0.138. The van der Waals surface area contributed by atoms with Crippen LogP contribution in [0.15, 0.2) is 60.2 Å². The van der Waals surface area contributed by atoms with Gasteiger partial charge in [0, 0.05) is 0 Å². The van der Waals surface area contributed by atoms with E-state index in [0.29, 0.717) is 5.75 Å². The minimum atomic E-state index is -0.725. The van der Waals surface area contributed by atoms with Crippen molar-refractivity contribution in [2.75, 3.05) is 6.61 Å². The number of benzene rings is 1. The molecule has 0 aliphatic heterocycles. The number of allylic oxidation sites excluding steroid dienone is 2. The van der Waals surface area contributed by atoms with E-state index in [1.54, 1.807) is 26.0 Å². The third kappa shape index (κ3) is 5.26. The largest absolute Gasteiger partial charge is 0.462 e. The van der Waals surface area contributed by atoms with Crippen molar-refractivity contribution in [3.8, 4) is 5.75 Å². The fourth-order valence-electron chi connectivity index (χ4n) is 1.49. The average molecular weight is 290 g/mol. The maximum absolute atomic E-state index is 14.0. The molecular weight excluding hydrogens is 271 g/mol. The topological polar surface area (TPSA) is 35.5 Å². The standard InChI is InChI=1S/C17H19FO3/c1-5-14(17(19)20-6-2)11-16(18)13(4)21-15-9-7-12(3)8-10-15/h5,7-11H,4,6H2,1-3H3/b14-5+,16-11+. The van der Waals surface area contributed by atoms with Crippen LogP contribution in [0, 0.1) is 6.92 Å². The molecular formula is C17H19FO3. The molecule has 0 heterocycles. The summed E-state index contributed by atoms with van der Waals surface area (Å²) in [7, 11) is 0. The number of hydrogen-bond acceptors (Lipinski definition) is 3. The van der Waals surface area contributed by atoms with Gasteiger partial charge in [0.05, 0.1) is 12.2 Å². The van der Waals surface area contributed by atoms with Gasteiger partial charge in [-0.3, -0.25) is 0 Å². The molecule has 0 aromatic heterocycles. The van der Waals surface area contributed by atoms with Crippen molar-refractivity contribution in [1.82, 2.24) is 0 Å². The predicted molar refractivity (Wildman–Crippen MR) is 80.5 cm³/mol. The van der Waals surface area contributed by atoms with Crippen molar-refractivity contribution in [2.45, 2.75) is 20.8 Å². The Morgan fingerprint density at radius 2 is 1.95 bits per heavy atom. The zero-order chi connectivity index (χ0) is 15.8. The number of carbonyl (C=O) groups excluding carboxylic acids is 1. The van der Waals surface area contributed by atoms with Gasteiger partial charge in [-0.05, 0) is 39.0 Å². The molecule has 0 saturated carbocycles. The van der Waals surface area contributed by atoms with Gasteiger partial charge in [0.15, 0.2) is 11.6 Å². The number of aryl methyl sites for hydroxylation is 1. The van der Waals surface area contributed by atoms with Gasteiger partial charge in [-0.2, -0.15) is 0 Å². The molecule has 1 aromatic carbocycles. The molecule has 1 aromatic rings. The zero-order valence-corrected chi connectivity index (χ0v) is 12.5. The van der Waals surface area contributed by atoms with Crippen LogP contribution in [-0.2, 0) is 9.53 Å². The molecule has 0 unspecified atom stereocenters. The van der Waals surface area contributed by atoms with E-state index in [1.807, 2.05) is 19.1 Å². The summed E-state index contributed by atoms with van der Waals surface area (Å²) in [6, 6.07) is 7.13. The Balaban J connectivity index is 2.78. The van der Waals surface area contributed by atoms with Crippen molar-refractivity contribution < 1.29 is 18.7 Å². The highest BCUT2D eigenvalue weighted by Gasteiger charge is 2.11. The van der Waals surface area contributed by atoms with Crippen molar-refractivity contribution in [2.24, 2.45) is 0 Å². The second kappa shape index (κ2) is 8.04. The lowest BCUT2D eigenvalue weighted by Crippen LogP contribution is -2.06. The summed E-state index contributed by atoms with van der Waals surface area (Å²) in [5.41, 5.74) is 1.19. The van der Waals surface area contributed by atoms with Crippen LogP contribution in [-0.4, -0.2) is 12.6 Å². The minimum Gasteiger partial charge on any atom is -0.462 e. The number of carbonyl (C=O) groups is 1. The lowest BCUT2D eigenvalue weighted by atomic mass is 10.2. The van der Waals surface area contributed by atoms with Crippen LogP contribution in [0.1, 0.15) is 19.4 Å². The molecule has 3 nitrogen and oxygen atoms in total. The van der Waals surface area contributed by atoms with E-state index in [2.05, 4.69) is 6.58 Å². The molecule has 0 saturated heterocycles. The van der Waals surface area contributed by atoms with E-state index in [0.717, 1.165) is 11.6 Å². The highest BCUT2D eigenvalue weighted by Crippen LogP contribution is 2.20. The van der Waals surface area contributed by atoms with Crippen LogP contribution in [0.5, 0.6) is 5.75 Å². The summed E-state index contributed by atoms with van der Waals surface area (Å²) in [5.74, 6) is -0.996. The zero-order valence-electron chi connectivity index (χ0n) is 12.5. The smallest absolute Gasteiger partial charge is 0.337 e. The summed E-state index contributed by atoms with van der Waals surface area (Å²) in [4.78, 5) is 11.6. The first kappa shape index (κ1) is 16.7. The van der Waals surface area contributed by atoms with Gasteiger partial charge in [0.25, 0.3) is 0 Å². The van der Waals surface area contributed by atoms with E-state index < -0.39 is 11.8 Å². The van der Waals surface area contributed by atoms with Crippen LogP contribution in [0.3, 0.4) is 0 Å². The van der Waals surface area contributed by atoms with Crippen molar-refractivity contribution in [3.05, 3.63) is 65.7 Å². The van der Waals surface area contributed by atoms with Crippen LogP contribution in [0.4, 0.5) is 4.39 Å². The molecule has 112 valence electrons. The Kier molecular flexibility index (Phi) is 6.40. The van der Waals surface area contributed by atoms with Gasteiger partial charge in [-0.15, -0.1) is 0 Å². The van der Waals surface area contributed by atoms with Gasteiger partial charge in [-0.25, -0.2) is 9.18 Å². The minimum absolute atomic E-state index is 0.114. The monoisotopic (exact) mass is 290 g/mol. The third-order valence-corrected chi connectivity index (χ3v) is 2.63. The first-order valence-electron chi connectivity index (χ1n) is 6.62. The maximum Gasteiger partial charge on any atom is 0.337 e. The summed E-state index contributed by atoms with van der Waals surface area (Å²) in [6.45, 7) is 9.00. The average Bonchev–Trinajstić information content (AvgIpc) is 2.46. The third-order valence-electron chi connectivity index (χ3n) is 2.63. The number of hydrogen-bond donors (Lipinski definition) is 0. The first-order valence-corrected chi connectivity index (χ1v) is 6.62. The molecule has 0 atom stereocenters. The molecule has 0 N–H and O–H groups in total. The van der Waals surface area contributed by atoms with E-state index >= 15 is 0 Å². The molecule has 0 fully saturated rings. The van der Waals surface area contributed by atoms with Crippen molar-refractivity contribution in [1.29, 1.82) is 0 Å². The quantitative estimate of drug-likeness (QED) is 0.340. The Morgan fingerprint density at radius 3 is 2.48 bits per heavy atom. The number of ether oxygens (including phenoxy) is 2. The second-order valence-electron chi connectivity index (χ2n) is 4.30. The summed E-state index contributed by atoms with van der Waals surface area (Å²) >= 11 is 0. The molecule has 0 aliphatic rings. The van der Waals surface area contributed by atoms with E-state index in [-0.39, 0.29) is 17.9 Å². The highest BCUT2D eigenvalue weighted by atomic mass is 19.1. The van der Waals surface area contributed by atoms with Crippen LogP contribution in [0.25, 0.3) is 0 Å². The maximum atomic E-state index is 14.0. The van der Waals surface area contributed by atoms with Gasteiger partial charge in [0.2, 0.25) is 0 Å². The van der Waals surface area contributed by atoms with Crippen molar-refractivity contribution in [3.63, 3.8) is 0 Å². The van der Waals surface area contributed by atoms with Gasteiger partial charge < -0.3 is 9.47 Å². The van der Waals surface area contributed by atoms with E-state index in [9.17, 15) is 9.18 Å². The van der Waals surface area contributed by atoms with Crippen LogP contribution in [0.2, 0.25) is 0 Å². The van der Waals surface area contributed by atoms with Crippen molar-refractivity contribution >= 4 is 5.97 Å². The van der Waals surface area contributed by atoms with Crippen LogP contribution < -0.4 is 4.74 Å². The van der Waals surface area contributed by atoms with Gasteiger partial charge in [0.1, 0.15) is 5.75 Å². The Hall–Kier alpha value is -2.36. The summed E-state index contributed by atoms with van der Waals surface area (Å²) in [5, 5.41) is 0. The van der Waals surface area contributed by atoms with E-state index in [1.165, 1.54) is 6.08 Å². The lowest BCUT2D eigenvalue weighted by Gasteiger charge is -2.08. The fourth-order valence-corrected chi connectivity index (χ4v) is 1.49. The Morgan fingerprint density at radius 1 is 1.33 bits per heavy atom. The predicted octanol–water partition coefficient (Wildman–Crippen LogP) is 4.25. The second-order valence-corrected chi connectivity index (χ2v) is 4.30. The fraction of sp³-hybridized carbons (Fsp3) is 0.235. The number of rotatable bonds is 6. The molecule has 0 aliphatic carbocycles. The van der Waals surface area contributed by atoms with E-state index in [4.69, 9.17) is 9.47 Å². The van der Waals surface area contributed by atoms with Gasteiger partial charge in [-0.1, -0.05) is 30.4 Å². The molecule has 0 spiro atoms. The summed E-state index contributed by atoms with van der Waals surface area (Å²) in [6.07, 6.45) is 2.52. The Bertz CT molecular complexity index is 568. The molecule has 21 heavy (non-hydrogen) atoms. The molecule has 0 radical (unpaired) electrons. The molecule has 1 rings (SSSR count). The molecule has 0 amide bonds. The highest BCUT2D eigenvalue weighted by molar-refractivity contribution is 5.91. The normalized spacial score (nSPS) is 12.0. The SMILES string of the molecule is C=C(Oc1ccc(C)cc1)/C(F)=C\C(=C/C)C(=O)OCC. The van der Waals surface area contributed by atoms with Gasteiger partial charge >= 0.3 is 5.97 Å². The number of esters is 1. The summed E-state index contributed by atoms with van der Waals surface area (Å²) < 4.78 is 24.1. The number of halogens is 1. The molecule has 4 heteroatoms. The van der Waals surface area contributed by atoms with Crippen LogP contribution >= 0.6 is 0 Å². The first-order chi connectivity index (χ1) is 9.97. The Labute approximate surface area is 124 Å².